The van der Waals surface area contributed by atoms with Crippen LogP contribution >= 0.6 is 0 Å². The van der Waals surface area contributed by atoms with Crippen LogP contribution in [-0.4, -0.2) is 39.7 Å². The van der Waals surface area contributed by atoms with Crippen LogP contribution in [0.5, 0.6) is 17.2 Å². The topological polar surface area (TPSA) is 99.9 Å². The number of methoxy groups -OCH3 is 3. The van der Waals surface area contributed by atoms with Gasteiger partial charge in [-0.3, -0.25) is 9.59 Å². The van der Waals surface area contributed by atoms with Crippen LogP contribution < -0.4 is 25.3 Å². The number of rotatable bonds is 6. The van der Waals surface area contributed by atoms with E-state index in [-0.39, 0.29) is 12.1 Å². The lowest BCUT2D eigenvalue weighted by atomic mass is 10.1. The Morgan fingerprint density at radius 3 is 2.05 bits per heavy atom. The second kappa shape index (κ2) is 6.48. The van der Waals surface area contributed by atoms with Gasteiger partial charge in [-0.05, 0) is 0 Å². The SMILES string of the molecule is COc1cc(OC)c(C(=O)NCC(N)=O)cc1OC. The first-order valence-corrected chi connectivity index (χ1v) is 5.40. The smallest absolute Gasteiger partial charge is 0.255 e. The molecule has 3 N–H and O–H groups in total. The van der Waals surface area contributed by atoms with Crippen LogP contribution in [0, 0.1) is 0 Å². The molecule has 0 bridgehead atoms. The first kappa shape index (κ1) is 14.6. The number of primary amides is 1. The van der Waals surface area contributed by atoms with Gasteiger partial charge >= 0.3 is 0 Å². The van der Waals surface area contributed by atoms with Crippen LogP contribution in [0.1, 0.15) is 10.4 Å². The Labute approximate surface area is 110 Å². The number of nitrogens with two attached hydrogens (primary N) is 1. The predicted molar refractivity (Wildman–Crippen MR) is 67.6 cm³/mol. The number of hydrogen-bond donors (Lipinski definition) is 2. The van der Waals surface area contributed by atoms with Gasteiger partial charge in [-0.2, -0.15) is 0 Å². The van der Waals surface area contributed by atoms with Crippen LogP contribution in [0.15, 0.2) is 12.1 Å². The minimum absolute atomic E-state index is 0.224. The highest BCUT2D eigenvalue weighted by atomic mass is 16.5. The third-order valence-corrected chi connectivity index (χ3v) is 2.37. The van der Waals surface area contributed by atoms with Crippen LogP contribution in [-0.2, 0) is 4.79 Å². The van der Waals surface area contributed by atoms with Crippen LogP contribution in [0.25, 0.3) is 0 Å². The molecule has 0 saturated heterocycles. The molecule has 0 spiro atoms. The van der Waals surface area contributed by atoms with E-state index in [1.54, 1.807) is 0 Å². The normalized spacial score (nSPS) is 9.63. The highest BCUT2D eigenvalue weighted by Crippen LogP contribution is 2.34. The van der Waals surface area contributed by atoms with Crippen molar-refractivity contribution in [2.45, 2.75) is 0 Å². The van der Waals surface area contributed by atoms with E-state index < -0.39 is 11.8 Å². The van der Waals surface area contributed by atoms with E-state index in [4.69, 9.17) is 19.9 Å². The van der Waals surface area contributed by atoms with Gasteiger partial charge in [-0.1, -0.05) is 0 Å². The number of hydrogen-bond acceptors (Lipinski definition) is 5. The average Bonchev–Trinajstić information content (AvgIpc) is 2.42. The molecule has 0 unspecified atom stereocenters. The van der Waals surface area contributed by atoms with Crippen molar-refractivity contribution in [2.24, 2.45) is 5.73 Å². The Balaban J connectivity index is 3.10. The maximum atomic E-state index is 11.9. The lowest BCUT2D eigenvalue weighted by Gasteiger charge is -2.13. The summed E-state index contributed by atoms with van der Waals surface area (Å²) < 4.78 is 15.3. The summed E-state index contributed by atoms with van der Waals surface area (Å²) in [6.07, 6.45) is 0. The second-order valence-electron chi connectivity index (χ2n) is 3.56. The Hall–Kier alpha value is -2.44. The minimum Gasteiger partial charge on any atom is -0.496 e. The summed E-state index contributed by atoms with van der Waals surface area (Å²) in [6.45, 7) is -0.254. The standard InChI is InChI=1S/C12H16N2O5/c1-17-8-5-10(19-3)9(18-2)4-7(8)12(16)14-6-11(13)15/h4-5H,6H2,1-3H3,(H2,13,15)(H,14,16). The quantitative estimate of drug-likeness (QED) is 0.752. The van der Waals surface area contributed by atoms with Gasteiger partial charge in [0.05, 0.1) is 33.4 Å². The highest BCUT2D eigenvalue weighted by molar-refractivity contribution is 5.99. The Bertz CT molecular complexity index is 487. The zero-order valence-corrected chi connectivity index (χ0v) is 11.0. The minimum atomic E-state index is -0.632. The largest absolute Gasteiger partial charge is 0.496 e. The summed E-state index contributed by atoms with van der Waals surface area (Å²) in [7, 11) is 4.35. The van der Waals surface area contributed by atoms with Gasteiger partial charge in [0.15, 0.2) is 11.5 Å². The molecule has 2 amide bonds. The lowest BCUT2D eigenvalue weighted by Crippen LogP contribution is -2.33. The van der Waals surface area contributed by atoms with E-state index in [0.717, 1.165) is 0 Å². The molecule has 0 atom stereocenters. The third kappa shape index (κ3) is 3.51. The number of amides is 2. The third-order valence-electron chi connectivity index (χ3n) is 2.37. The molecular formula is C12H16N2O5. The highest BCUT2D eigenvalue weighted by Gasteiger charge is 2.17. The van der Waals surface area contributed by atoms with Crippen molar-refractivity contribution in [1.29, 1.82) is 0 Å². The Morgan fingerprint density at radius 1 is 1.05 bits per heavy atom. The molecule has 7 heteroatoms. The number of carbonyl (C=O) groups excluding carboxylic acids is 2. The van der Waals surface area contributed by atoms with E-state index in [1.165, 1.54) is 33.5 Å². The molecule has 1 rings (SSSR count). The van der Waals surface area contributed by atoms with Crippen molar-refractivity contribution in [3.63, 3.8) is 0 Å². The van der Waals surface area contributed by atoms with Crippen LogP contribution in [0.2, 0.25) is 0 Å². The van der Waals surface area contributed by atoms with E-state index in [0.29, 0.717) is 17.2 Å². The van der Waals surface area contributed by atoms with Gasteiger partial charge < -0.3 is 25.3 Å². The molecule has 0 aliphatic heterocycles. The zero-order chi connectivity index (χ0) is 14.4. The van der Waals surface area contributed by atoms with E-state index in [2.05, 4.69) is 5.32 Å². The molecule has 0 radical (unpaired) electrons. The monoisotopic (exact) mass is 268 g/mol. The van der Waals surface area contributed by atoms with Gasteiger partial charge in [0.1, 0.15) is 5.75 Å². The number of benzene rings is 1. The predicted octanol–water partition coefficient (Wildman–Crippen LogP) is -0.0725. The second-order valence-corrected chi connectivity index (χ2v) is 3.56. The zero-order valence-electron chi connectivity index (χ0n) is 11.0. The van der Waals surface area contributed by atoms with Gasteiger partial charge in [-0.25, -0.2) is 0 Å². The molecule has 0 aromatic heterocycles. The fourth-order valence-corrected chi connectivity index (χ4v) is 1.47. The summed E-state index contributed by atoms with van der Waals surface area (Å²) in [5.74, 6) is 0.00217. The van der Waals surface area contributed by atoms with Crippen molar-refractivity contribution < 1.29 is 23.8 Å². The molecular weight excluding hydrogens is 252 g/mol. The fraction of sp³-hybridized carbons (Fsp3) is 0.333. The summed E-state index contributed by atoms with van der Waals surface area (Å²) in [5, 5.41) is 2.37. The molecule has 19 heavy (non-hydrogen) atoms. The molecule has 0 saturated carbocycles. The molecule has 1 aromatic carbocycles. The fourth-order valence-electron chi connectivity index (χ4n) is 1.47. The molecule has 1 aromatic rings. The van der Waals surface area contributed by atoms with E-state index in [9.17, 15) is 9.59 Å². The summed E-state index contributed by atoms with van der Waals surface area (Å²) >= 11 is 0. The van der Waals surface area contributed by atoms with Gasteiger partial charge in [0, 0.05) is 12.1 Å². The van der Waals surface area contributed by atoms with Crippen molar-refractivity contribution in [3.8, 4) is 17.2 Å². The van der Waals surface area contributed by atoms with Gasteiger partial charge in [-0.15, -0.1) is 0 Å². The van der Waals surface area contributed by atoms with Gasteiger partial charge in [0.25, 0.3) is 5.91 Å². The average molecular weight is 268 g/mol. The number of ether oxygens (including phenoxy) is 3. The maximum absolute atomic E-state index is 11.9. The summed E-state index contributed by atoms with van der Waals surface area (Å²) in [5.41, 5.74) is 5.19. The van der Waals surface area contributed by atoms with Crippen molar-refractivity contribution in [2.75, 3.05) is 27.9 Å². The van der Waals surface area contributed by atoms with Crippen LogP contribution in [0.3, 0.4) is 0 Å². The number of nitrogens with one attached hydrogen (secondary N) is 1. The first-order chi connectivity index (χ1) is 9.03. The van der Waals surface area contributed by atoms with E-state index in [1.807, 2.05) is 0 Å². The van der Waals surface area contributed by atoms with Crippen molar-refractivity contribution in [1.82, 2.24) is 5.32 Å². The first-order valence-electron chi connectivity index (χ1n) is 5.40. The molecule has 0 fully saturated rings. The molecule has 7 nitrogen and oxygen atoms in total. The maximum Gasteiger partial charge on any atom is 0.255 e. The molecule has 0 heterocycles. The van der Waals surface area contributed by atoms with E-state index >= 15 is 0 Å². The summed E-state index contributed by atoms with van der Waals surface area (Å²) in [4.78, 5) is 22.5. The Morgan fingerprint density at radius 2 is 1.58 bits per heavy atom. The Kier molecular flexibility index (Phi) is 4.99. The number of carbonyl (C=O) groups is 2. The summed E-state index contributed by atoms with van der Waals surface area (Å²) in [6, 6.07) is 2.99. The molecule has 104 valence electrons. The van der Waals surface area contributed by atoms with Gasteiger partial charge in [0.2, 0.25) is 5.91 Å². The van der Waals surface area contributed by atoms with Crippen LogP contribution in [0.4, 0.5) is 0 Å². The lowest BCUT2D eigenvalue weighted by molar-refractivity contribution is -0.117. The van der Waals surface area contributed by atoms with Crippen molar-refractivity contribution >= 4 is 11.8 Å². The van der Waals surface area contributed by atoms with Crippen molar-refractivity contribution in [3.05, 3.63) is 17.7 Å². The molecule has 0 aliphatic rings. The molecule has 0 aliphatic carbocycles.